The average Bonchev–Trinajstić information content (AvgIpc) is 3.41. The third-order valence-electron chi connectivity index (χ3n) is 6.93. The minimum atomic E-state index is -1.02. The maximum Gasteiger partial charge on any atom is 0.274 e. The molecule has 0 bridgehead atoms. The molecular weight excluding hydrogens is 396 g/mol. The van der Waals surface area contributed by atoms with Gasteiger partial charge in [0.1, 0.15) is 11.2 Å². The van der Waals surface area contributed by atoms with Gasteiger partial charge in [-0.15, -0.1) is 0 Å². The summed E-state index contributed by atoms with van der Waals surface area (Å²) in [6.45, 7) is 7.49. The van der Waals surface area contributed by atoms with Gasteiger partial charge in [-0.05, 0) is 33.2 Å². The van der Waals surface area contributed by atoms with Gasteiger partial charge in [-0.3, -0.25) is 19.1 Å². The van der Waals surface area contributed by atoms with Gasteiger partial charge >= 0.3 is 0 Å². The number of rotatable bonds is 5. The predicted molar refractivity (Wildman–Crippen MR) is 116 cm³/mol. The zero-order valence-electron chi connectivity index (χ0n) is 18.9. The molecule has 1 N–H and O–H groups in total. The largest absolute Gasteiger partial charge is 0.351 e. The third kappa shape index (κ3) is 4.07. The van der Waals surface area contributed by atoms with Gasteiger partial charge in [-0.1, -0.05) is 19.8 Å². The number of carbonyl (C=O) groups is 3. The molecule has 3 amide bonds. The first kappa shape index (κ1) is 21.8. The molecule has 1 aromatic rings. The Hall–Kier alpha value is -2.42. The molecule has 1 saturated carbocycles. The van der Waals surface area contributed by atoms with Crippen LogP contribution in [-0.4, -0.2) is 93.6 Å². The first-order valence-corrected chi connectivity index (χ1v) is 11.5. The number of nitrogens with one attached hydrogen (secondary N) is 1. The van der Waals surface area contributed by atoms with Crippen molar-refractivity contribution in [2.75, 3.05) is 39.8 Å². The molecule has 3 heterocycles. The van der Waals surface area contributed by atoms with Crippen molar-refractivity contribution < 1.29 is 14.4 Å². The summed E-state index contributed by atoms with van der Waals surface area (Å²) in [4.78, 5) is 45.3. The Morgan fingerprint density at radius 2 is 1.87 bits per heavy atom. The van der Waals surface area contributed by atoms with Crippen LogP contribution >= 0.6 is 0 Å². The lowest BCUT2D eigenvalue weighted by atomic mass is 9.94. The number of hydrogen-bond acceptors (Lipinski definition) is 5. The van der Waals surface area contributed by atoms with Crippen molar-refractivity contribution in [3.8, 4) is 0 Å². The van der Waals surface area contributed by atoms with Gasteiger partial charge in [0.2, 0.25) is 5.91 Å². The van der Waals surface area contributed by atoms with Crippen molar-refractivity contribution in [2.24, 2.45) is 0 Å². The van der Waals surface area contributed by atoms with Gasteiger partial charge in [0.05, 0.1) is 6.54 Å². The van der Waals surface area contributed by atoms with Crippen molar-refractivity contribution >= 4 is 17.7 Å². The number of nitrogens with zero attached hydrogens (tertiary/aromatic N) is 5. The van der Waals surface area contributed by atoms with Crippen LogP contribution in [0.3, 0.4) is 0 Å². The Bertz CT molecular complexity index is 853. The first-order valence-electron chi connectivity index (χ1n) is 11.5. The minimum absolute atomic E-state index is 0.130. The second-order valence-corrected chi connectivity index (χ2v) is 9.35. The molecule has 3 aliphatic rings. The number of fused-ring (bicyclic) bond motifs is 1. The summed E-state index contributed by atoms with van der Waals surface area (Å²) in [5.74, 6) is -0.515. The maximum absolute atomic E-state index is 13.4. The highest BCUT2D eigenvalue weighted by Crippen LogP contribution is 2.29. The molecule has 1 atom stereocenters. The van der Waals surface area contributed by atoms with Crippen molar-refractivity contribution in [1.29, 1.82) is 0 Å². The molecule has 1 aliphatic carbocycles. The monoisotopic (exact) mass is 430 g/mol. The highest BCUT2D eigenvalue weighted by Gasteiger charge is 2.48. The van der Waals surface area contributed by atoms with Crippen molar-refractivity contribution in [3.05, 3.63) is 17.5 Å². The molecular formula is C22H34N6O3. The molecule has 0 radical (unpaired) electrons. The first-order chi connectivity index (χ1) is 14.8. The van der Waals surface area contributed by atoms with E-state index < -0.39 is 5.54 Å². The van der Waals surface area contributed by atoms with Crippen LogP contribution in [0, 0.1) is 0 Å². The molecule has 2 fully saturated rings. The lowest BCUT2D eigenvalue weighted by Crippen LogP contribution is -2.65. The molecule has 9 heteroatoms. The van der Waals surface area contributed by atoms with E-state index in [1.54, 1.807) is 20.5 Å². The summed E-state index contributed by atoms with van der Waals surface area (Å²) in [6.07, 6.45) is 4.97. The Morgan fingerprint density at radius 3 is 2.52 bits per heavy atom. The van der Waals surface area contributed by atoms with Gasteiger partial charge in [-0.2, -0.15) is 5.10 Å². The van der Waals surface area contributed by atoms with Crippen LogP contribution in [0.25, 0.3) is 0 Å². The van der Waals surface area contributed by atoms with Gasteiger partial charge in [-0.25, -0.2) is 0 Å². The van der Waals surface area contributed by atoms with Gasteiger partial charge in [0.15, 0.2) is 5.69 Å². The Labute approximate surface area is 183 Å². The van der Waals surface area contributed by atoms with Crippen LogP contribution < -0.4 is 5.32 Å². The van der Waals surface area contributed by atoms with Gasteiger partial charge < -0.3 is 20.0 Å². The summed E-state index contributed by atoms with van der Waals surface area (Å²) in [5, 5.41) is 7.64. The highest BCUT2D eigenvalue weighted by molar-refractivity contribution is 6.02. The molecule has 2 aliphatic heterocycles. The second kappa shape index (κ2) is 8.61. The molecule has 4 rings (SSSR count). The maximum atomic E-state index is 13.4. The Morgan fingerprint density at radius 1 is 1.19 bits per heavy atom. The number of aromatic nitrogens is 2. The molecule has 0 unspecified atom stereocenters. The van der Waals surface area contributed by atoms with E-state index in [9.17, 15) is 14.4 Å². The van der Waals surface area contributed by atoms with E-state index in [-0.39, 0.29) is 36.0 Å². The SMILES string of the molecule is CCCN1C(=O)c2cc(C(=O)N3CCN(C)CC3)nn2C[C@@]1(C)C(=O)NC1CCCC1. The quantitative estimate of drug-likeness (QED) is 0.751. The lowest BCUT2D eigenvalue weighted by molar-refractivity contribution is -0.133. The molecule has 1 aromatic heterocycles. The average molecular weight is 431 g/mol. The number of likely N-dealkylation sites (N-methyl/N-ethyl adjacent to an activating group) is 1. The zero-order chi connectivity index (χ0) is 22.2. The van der Waals surface area contributed by atoms with Crippen molar-refractivity contribution in [2.45, 2.75) is 64.1 Å². The molecule has 0 spiro atoms. The second-order valence-electron chi connectivity index (χ2n) is 9.35. The topological polar surface area (TPSA) is 90.8 Å². The summed E-state index contributed by atoms with van der Waals surface area (Å²) < 4.78 is 1.56. The lowest BCUT2D eigenvalue weighted by Gasteiger charge is -2.43. The van der Waals surface area contributed by atoms with Gasteiger partial charge in [0.25, 0.3) is 11.8 Å². The Balaban J connectivity index is 1.58. The van der Waals surface area contributed by atoms with Crippen LogP contribution in [0.15, 0.2) is 6.07 Å². The molecule has 9 nitrogen and oxygen atoms in total. The number of carbonyl (C=O) groups excluding carboxylic acids is 3. The summed E-state index contributed by atoms with van der Waals surface area (Å²) in [6, 6.07) is 1.77. The van der Waals surface area contributed by atoms with E-state index in [1.807, 2.05) is 20.9 Å². The molecule has 31 heavy (non-hydrogen) atoms. The standard InChI is InChI=1S/C22H34N6O3/c1-4-9-27-20(30)18-14-17(19(29)26-12-10-25(3)11-13-26)24-28(18)15-22(27,2)21(31)23-16-7-5-6-8-16/h14,16H,4-13,15H2,1-3H3,(H,23,31)/t22-/m0/s1. The van der Waals surface area contributed by atoms with Crippen LogP contribution in [0.2, 0.25) is 0 Å². The predicted octanol–water partition coefficient (Wildman–Crippen LogP) is 0.954. The van der Waals surface area contributed by atoms with Crippen molar-refractivity contribution in [3.63, 3.8) is 0 Å². The van der Waals surface area contributed by atoms with E-state index >= 15 is 0 Å². The van der Waals surface area contributed by atoms with E-state index in [0.717, 1.165) is 45.2 Å². The van der Waals surface area contributed by atoms with Crippen LogP contribution in [0.4, 0.5) is 0 Å². The number of hydrogen-bond donors (Lipinski definition) is 1. The van der Waals surface area contributed by atoms with E-state index in [2.05, 4.69) is 15.3 Å². The summed E-state index contributed by atoms with van der Waals surface area (Å²) in [5.41, 5.74) is -0.357. The van der Waals surface area contributed by atoms with Crippen molar-refractivity contribution in [1.82, 2.24) is 29.8 Å². The van der Waals surface area contributed by atoms with E-state index in [4.69, 9.17) is 0 Å². The molecule has 170 valence electrons. The minimum Gasteiger partial charge on any atom is -0.351 e. The highest BCUT2D eigenvalue weighted by atomic mass is 16.2. The van der Waals surface area contributed by atoms with Crippen LogP contribution in [0.1, 0.15) is 66.9 Å². The van der Waals surface area contributed by atoms with Gasteiger partial charge in [0, 0.05) is 44.8 Å². The molecule has 1 saturated heterocycles. The van der Waals surface area contributed by atoms with E-state index in [0.29, 0.717) is 25.3 Å². The number of amides is 3. The third-order valence-corrected chi connectivity index (χ3v) is 6.93. The number of piperazine rings is 1. The van der Waals surface area contributed by atoms with E-state index in [1.165, 1.54) is 0 Å². The molecule has 0 aromatic carbocycles. The fraction of sp³-hybridized carbons (Fsp3) is 0.727. The zero-order valence-corrected chi connectivity index (χ0v) is 18.9. The van der Waals surface area contributed by atoms with Crippen LogP contribution in [-0.2, 0) is 11.3 Å². The summed E-state index contributed by atoms with van der Waals surface area (Å²) >= 11 is 0. The fourth-order valence-electron chi connectivity index (χ4n) is 4.90. The normalized spacial score (nSPS) is 25.1. The fourth-order valence-corrected chi connectivity index (χ4v) is 4.90. The Kier molecular flexibility index (Phi) is 6.05. The van der Waals surface area contributed by atoms with Crippen LogP contribution in [0.5, 0.6) is 0 Å². The smallest absolute Gasteiger partial charge is 0.274 e. The summed E-state index contributed by atoms with van der Waals surface area (Å²) in [7, 11) is 2.04.